The van der Waals surface area contributed by atoms with E-state index in [-0.39, 0.29) is 0 Å². The first-order chi connectivity index (χ1) is 9.18. The molecule has 0 fully saturated rings. The topological polar surface area (TPSA) is 21.1 Å². The molecule has 0 aliphatic heterocycles. The average Bonchev–Trinajstić information content (AvgIpc) is 2.83. The van der Waals surface area contributed by atoms with Crippen molar-refractivity contribution >= 4 is 16.5 Å². The molecule has 1 heterocycles. The van der Waals surface area contributed by atoms with E-state index in [4.69, 9.17) is 0 Å². The summed E-state index contributed by atoms with van der Waals surface area (Å²) in [6, 6.07) is 12.8. The molecule has 3 rings (SSSR count). The maximum atomic E-state index is 4.21. The van der Waals surface area contributed by atoms with Crippen molar-refractivity contribution in [2.75, 3.05) is 19.0 Å². The van der Waals surface area contributed by atoms with Gasteiger partial charge in [-0.2, -0.15) is 0 Å². The molecule has 0 amide bonds. The zero-order chi connectivity index (χ0) is 13.4. The van der Waals surface area contributed by atoms with Crippen LogP contribution in [0, 0.1) is 6.92 Å². The average molecular weight is 251 g/mol. The number of hydrogen-bond donors (Lipinski definition) is 0. The highest BCUT2D eigenvalue weighted by atomic mass is 15.1. The zero-order valence-electron chi connectivity index (χ0n) is 11.5. The maximum Gasteiger partial charge on any atom is 0.0994 e. The first-order valence-electron chi connectivity index (χ1n) is 6.37. The van der Waals surface area contributed by atoms with Crippen molar-refractivity contribution in [3.05, 3.63) is 54.6 Å². The molecule has 0 aliphatic carbocycles. The Balaban J connectivity index is 2.34. The predicted molar refractivity (Wildman–Crippen MR) is 80.1 cm³/mol. The molecule has 3 heteroatoms. The predicted octanol–water partition coefficient (Wildman–Crippen LogP) is 3.40. The van der Waals surface area contributed by atoms with Gasteiger partial charge in [0.05, 0.1) is 12.0 Å². The van der Waals surface area contributed by atoms with Gasteiger partial charge in [-0.25, -0.2) is 4.98 Å². The second-order valence-electron chi connectivity index (χ2n) is 4.95. The van der Waals surface area contributed by atoms with Crippen LogP contribution in [0.5, 0.6) is 0 Å². The zero-order valence-corrected chi connectivity index (χ0v) is 11.5. The van der Waals surface area contributed by atoms with Crippen molar-refractivity contribution in [3.63, 3.8) is 0 Å². The van der Waals surface area contributed by atoms with E-state index >= 15 is 0 Å². The van der Waals surface area contributed by atoms with Crippen molar-refractivity contribution < 1.29 is 0 Å². The number of nitrogens with zero attached hydrogens (tertiary/aromatic N) is 3. The summed E-state index contributed by atoms with van der Waals surface area (Å²) >= 11 is 0. The summed E-state index contributed by atoms with van der Waals surface area (Å²) in [6.45, 7) is 2.07. The van der Waals surface area contributed by atoms with Gasteiger partial charge in [-0.15, -0.1) is 0 Å². The van der Waals surface area contributed by atoms with E-state index in [0.29, 0.717) is 0 Å². The molecule has 0 unspecified atom stereocenters. The molecule has 0 radical (unpaired) electrons. The van der Waals surface area contributed by atoms with E-state index in [0.717, 1.165) is 5.69 Å². The van der Waals surface area contributed by atoms with Crippen LogP contribution in [-0.4, -0.2) is 23.6 Å². The highest BCUT2D eigenvalue weighted by Gasteiger charge is 2.09. The van der Waals surface area contributed by atoms with Gasteiger partial charge in [-0.1, -0.05) is 24.3 Å². The summed E-state index contributed by atoms with van der Waals surface area (Å²) in [4.78, 5) is 6.36. The number of anilines is 1. The van der Waals surface area contributed by atoms with E-state index in [1.807, 2.05) is 12.5 Å². The van der Waals surface area contributed by atoms with E-state index in [9.17, 15) is 0 Å². The number of hydrogen-bond acceptors (Lipinski definition) is 2. The van der Waals surface area contributed by atoms with Crippen molar-refractivity contribution in [3.8, 4) is 5.69 Å². The lowest BCUT2D eigenvalue weighted by Crippen LogP contribution is -2.09. The minimum absolute atomic E-state index is 1.14. The summed E-state index contributed by atoms with van der Waals surface area (Å²) < 4.78 is 2.13. The fraction of sp³-hybridized carbons (Fsp3) is 0.188. The van der Waals surface area contributed by atoms with Gasteiger partial charge in [0.25, 0.3) is 0 Å². The fourth-order valence-electron chi connectivity index (χ4n) is 2.48. The van der Waals surface area contributed by atoms with Gasteiger partial charge in [-0.3, -0.25) is 0 Å². The van der Waals surface area contributed by atoms with E-state index < -0.39 is 0 Å². The van der Waals surface area contributed by atoms with Crippen LogP contribution >= 0.6 is 0 Å². The first-order valence-corrected chi connectivity index (χ1v) is 6.37. The van der Waals surface area contributed by atoms with Gasteiger partial charge >= 0.3 is 0 Å². The van der Waals surface area contributed by atoms with E-state index in [1.165, 1.54) is 22.1 Å². The normalized spacial score (nSPS) is 10.9. The lowest BCUT2D eigenvalue weighted by molar-refractivity contribution is 1.01. The molecule has 0 saturated heterocycles. The Morgan fingerprint density at radius 3 is 2.37 bits per heavy atom. The minimum Gasteiger partial charge on any atom is -0.377 e. The van der Waals surface area contributed by atoms with Crippen LogP contribution in [0.15, 0.2) is 48.9 Å². The molecule has 2 aromatic carbocycles. The maximum absolute atomic E-state index is 4.21. The third kappa shape index (κ3) is 1.87. The monoisotopic (exact) mass is 251 g/mol. The smallest absolute Gasteiger partial charge is 0.0994 e. The van der Waals surface area contributed by atoms with E-state index in [2.05, 4.69) is 71.9 Å². The van der Waals surface area contributed by atoms with Crippen LogP contribution < -0.4 is 4.90 Å². The number of rotatable bonds is 2. The Kier molecular flexibility index (Phi) is 2.75. The Bertz CT molecular complexity index is 726. The molecule has 0 atom stereocenters. The summed E-state index contributed by atoms with van der Waals surface area (Å²) in [7, 11) is 4.15. The highest BCUT2D eigenvalue weighted by molar-refractivity contribution is 5.99. The van der Waals surface area contributed by atoms with E-state index in [1.54, 1.807) is 0 Å². The molecular weight excluding hydrogens is 234 g/mol. The van der Waals surface area contributed by atoms with Crippen molar-refractivity contribution in [2.24, 2.45) is 0 Å². The molecule has 19 heavy (non-hydrogen) atoms. The highest BCUT2D eigenvalue weighted by Crippen LogP contribution is 2.30. The Labute approximate surface area is 113 Å². The molecule has 3 nitrogen and oxygen atoms in total. The van der Waals surface area contributed by atoms with Gasteiger partial charge in [0.2, 0.25) is 0 Å². The van der Waals surface area contributed by atoms with Crippen LogP contribution in [-0.2, 0) is 0 Å². The molecule has 0 saturated carbocycles. The third-order valence-electron chi connectivity index (χ3n) is 3.44. The van der Waals surface area contributed by atoms with Gasteiger partial charge < -0.3 is 9.47 Å². The number of imidazole rings is 1. The van der Waals surface area contributed by atoms with Crippen LogP contribution in [0.3, 0.4) is 0 Å². The first kappa shape index (κ1) is 11.8. The van der Waals surface area contributed by atoms with Gasteiger partial charge in [0.15, 0.2) is 0 Å². The number of aryl methyl sites for hydroxylation is 1. The Morgan fingerprint density at radius 2 is 1.74 bits per heavy atom. The van der Waals surface area contributed by atoms with Crippen molar-refractivity contribution in [2.45, 2.75) is 6.92 Å². The summed E-state index contributed by atoms with van der Waals surface area (Å²) in [5.74, 6) is 0. The largest absolute Gasteiger partial charge is 0.377 e. The summed E-state index contributed by atoms with van der Waals surface area (Å²) in [5.41, 5.74) is 3.55. The molecule has 3 aromatic rings. The SMILES string of the molecule is Cc1cncn1-c1ccc(N(C)C)c2ccccc12. The molecule has 0 aliphatic rings. The molecule has 1 aromatic heterocycles. The lowest BCUT2D eigenvalue weighted by Gasteiger charge is -2.18. The second-order valence-corrected chi connectivity index (χ2v) is 4.95. The molecular formula is C16H17N3. The minimum atomic E-state index is 1.14. The Hall–Kier alpha value is -2.29. The summed E-state index contributed by atoms with van der Waals surface area (Å²) in [6.07, 6.45) is 3.75. The number of fused-ring (bicyclic) bond motifs is 1. The fourth-order valence-corrected chi connectivity index (χ4v) is 2.48. The molecule has 0 bridgehead atoms. The molecule has 0 spiro atoms. The quantitative estimate of drug-likeness (QED) is 0.696. The van der Waals surface area contributed by atoms with Crippen LogP contribution in [0.25, 0.3) is 16.5 Å². The van der Waals surface area contributed by atoms with Gasteiger partial charge in [0, 0.05) is 42.4 Å². The lowest BCUT2D eigenvalue weighted by atomic mass is 10.1. The number of aromatic nitrogens is 2. The van der Waals surface area contributed by atoms with Gasteiger partial charge in [0.1, 0.15) is 0 Å². The summed E-state index contributed by atoms with van der Waals surface area (Å²) in [5, 5.41) is 2.51. The Morgan fingerprint density at radius 1 is 1.00 bits per heavy atom. The second kappa shape index (κ2) is 4.43. The van der Waals surface area contributed by atoms with Crippen LogP contribution in [0.1, 0.15) is 5.69 Å². The molecule has 0 N–H and O–H groups in total. The van der Waals surface area contributed by atoms with Crippen LogP contribution in [0.4, 0.5) is 5.69 Å². The van der Waals surface area contributed by atoms with Crippen molar-refractivity contribution in [1.29, 1.82) is 0 Å². The van der Waals surface area contributed by atoms with Gasteiger partial charge in [-0.05, 0) is 19.1 Å². The third-order valence-corrected chi connectivity index (χ3v) is 3.44. The standard InChI is InChI=1S/C16H17N3/c1-12-10-17-11-19(12)16-9-8-15(18(2)3)13-6-4-5-7-14(13)16/h4-11H,1-3H3. The van der Waals surface area contributed by atoms with Crippen LogP contribution in [0.2, 0.25) is 0 Å². The van der Waals surface area contributed by atoms with Crippen molar-refractivity contribution in [1.82, 2.24) is 9.55 Å². The number of benzene rings is 2. The molecule has 96 valence electrons.